The highest BCUT2D eigenvalue weighted by atomic mass is 79.9. The van der Waals surface area contributed by atoms with E-state index in [-0.39, 0.29) is 18.0 Å². The summed E-state index contributed by atoms with van der Waals surface area (Å²) in [5.41, 5.74) is 0.275. The SMILES string of the molecule is O=C(NCc1ccco1)c1ccc(Br)c(F)c1. The lowest BCUT2D eigenvalue weighted by molar-refractivity contribution is 0.0947. The summed E-state index contributed by atoms with van der Waals surface area (Å²) in [6.07, 6.45) is 1.53. The first-order valence-corrected chi connectivity index (χ1v) is 5.72. The van der Waals surface area contributed by atoms with E-state index in [1.807, 2.05) is 0 Å². The Morgan fingerprint density at radius 3 is 2.88 bits per heavy atom. The predicted molar refractivity (Wildman–Crippen MR) is 64.0 cm³/mol. The molecule has 2 rings (SSSR count). The highest BCUT2D eigenvalue weighted by molar-refractivity contribution is 9.10. The molecule has 5 heteroatoms. The molecule has 2 aromatic rings. The molecule has 3 nitrogen and oxygen atoms in total. The van der Waals surface area contributed by atoms with Gasteiger partial charge in [-0.25, -0.2) is 4.39 Å². The van der Waals surface area contributed by atoms with Gasteiger partial charge >= 0.3 is 0 Å². The molecule has 0 aliphatic heterocycles. The smallest absolute Gasteiger partial charge is 0.251 e. The molecule has 88 valence electrons. The fourth-order valence-electron chi connectivity index (χ4n) is 1.32. The van der Waals surface area contributed by atoms with Gasteiger partial charge in [-0.15, -0.1) is 0 Å². The Morgan fingerprint density at radius 2 is 2.24 bits per heavy atom. The van der Waals surface area contributed by atoms with Crippen LogP contribution in [0.4, 0.5) is 4.39 Å². The van der Waals surface area contributed by atoms with Crippen LogP contribution in [0.5, 0.6) is 0 Å². The van der Waals surface area contributed by atoms with Crippen molar-refractivity contribution in [2.75, 3.05) is 0 Å². The van der Waals surface area contributed by atoms with Gasteiger partial charge in [-0.05, 0) is 46.3 Å². The van der Waals surface area contributed by atoms with Gasteiger partial charge in [-0.2, -0.15) is 0 Å². The van der Waals surface area contributed by atoms with Crippen LogP contribution >= 0.6 is 15.9 Å². The van der Waals surface area contributed by atoms with Gasteiger partial charge < -0.3 is 9.73 Å². The number of benzene rings is 1. The molecule has 1 aromatic carbocycles. The van der Waals surface area contributed by atoms with Gasteiger partial charge in [0.05, 0.1) is 17.3 Å². The van der Waals surface area contributed by atoms with Crippen LogP contribution < -0.4 is 5.32 Å². The van der Waals surface area contributed by atoms with E-state index < -0.39 is 5.82 Å². The van der Waals surface area contributed by atoms with E-state index in [4.69, 9.17) is 4.42 Å². The number of rotatable bonds is 3. The van der Waals surface area contributed by atoms with E-state index in [0.717, 1.165) is 0 Å². The maximum atomic E-state index is 13.2. The monoisotopic (exact) mass is 297 g/mol. The van der Waals surface area contributed by atoms with Crippen LogP contribution in [0, 0.1) is 5.82 Å². The van der Waals surface area contributed by atoms with Gasteiger partial charge in [0, 0.05) is 5.56 Å². The number of carbonyl (C=O) groups is 1. The lowest BCUT2D eigenvalue weighted by atomic mass is 10.2. The van der Waals surface area contributed by atoms with Gasteiger partial charge in [0.2, 0.25) is 0 Å². The van der Waals surface area contributed by atoms with Crippen LogP contribution in [0.3, 0.4) is 0 Å². The fourth-order valence-corrected chi connectivity index (χ4v) is 1.57. The van der Waals surface area contributed by atoms with Crippen molar-refractivity contribution >= 4 is 21.8 Å². The third kappa shape index (κ3) is 2.94. The summed E-state index contributed by atoms with van der Waals surface area (Å²) >= 11 is 3.03. The van der Waals surface area contributed by atoms with Crippen molar-refractivity contribution in [2.24, 2.45) is 0 Å². The van der Waals surface area contributed by atoms with Crippen molar-refractivity contribution in [3.63, 3.8) is 0 Å². The minimum absolute atomic E-state index is 0.275. The number of amides is 1. The van der Waals surface area contributed by atoms with Crippen LogP contribution in [0.15, 0.2) is 45.5 Å². The van der Waals surface area contributed by atoms with Crippen molar-refractivity contribution < 1.29 is 13.6 Å². The number of nitrogens with one attached hydrogen (secondary N) is 1. The number of hydrogen-bond acceptors (Lipinski definition) is 2. The molecule has 0 saturated heterocycles. The molecule has 1 aromatic heterocycles. The lowest BCUT2D eigenvalue weighted by Crippen LogP contribution is -2.22. The number of carbonyl (C=O) groups excluding carboxylic acids is 1. The van der Waals surface area contributed by atoms with E-state index in [9.17, 15) is 9.18 Å². The lowest BCUT2D eigenvalue weighted by Gasteiger charge is -2.04. The van der Waals surface area contributed by atoms with Crippen molar-refractivity contribution in [1.29, 1.82) is 0 Å². The molecule has 0 saturated carbocycles. The first kappa shape index (κ1) is 11.9. The molecule has 1 heterocycles. The zero-order chi connectivity index (χ0) is 12.3. The second-order valence-corrected chi connectivity index (χ2v) is 4.25. The summed E-state index contributed by atoms with van der Waals surface area (Å²) in [5, 5.41) is 2.63. The zero-order valence-corrected chi connectivity index (χ0v) is 10.3. The molecular weight excluding hydrogens is 289 g/mol. The van der Waals surface area contributed by atoms with Crippen molar-refractivity contribution in [3.05, 3.63) is 58.2 Å². The fraction of sp³-hybridized carbons (Fsp3) is 0.0833. The molecule has 0 bridgehead atoms. The number of furan rings is 1. The van der Waals surface area contributed by atoms with Crippen molar-refractivity contribution in [1.82, 2.24) is 5.32 Å². The van der Waals surface area contributed by atoms with Gasteiger partial charge in [-0.3, -0.25) is 4.79 Å². The van der Waals surface area contributed by atoms with E-state index in [1.165, 1.54) is 18.4 Å². The molecule has 1 amide bonds. The Labute approximate surface area is 106 Å². The normalized spacial score (nSPS) is 10.2. The average Bonchev–Trinajstić information content (AvgIpc) is 2.82. The first-order chi connectivity index (χ1) is 8.16. The molecular formula is C12H9BrFNO2. The van der Waals surface area contributed by atoms with Gasteiger partial charge in [0.25, 0.3) is 5.91 Å². The van der Waals surface area contributed by atoms with Gasteiger partial charge in [0.15, 0.2) is 0 Å². The van der Waals surface area contributed by atoms with E-state index in [1.54, 1.807) is 18.2 Å². The third-order valence-corrected chi connectivity index (χ3v) is 2.83. The van der Waals surface area contributed by atoms with E-state index >= 15 is 0 Å². The Balaban J connectivity index is 2.02. The maximum absolute atomic E-state index is 13.2. The van der Waals surface area contributed by atoms with Crippen molar-refractivity contribution in [2.45, 2.75) is 6.54 Å². The van der Waals surface area contributed by atoms with Crippen LogP contribution in [0.1, 0.15) is 16.1 Å². The molecule has 0 aliphatic rings. The summed E-state index contributed by atoms with van der Waals surface area (Å²) in [4.78, 5) is 11.7. The van der Waals surface area contributed by atoms with Gasteiger partial charge in [0.1, 0.15) is 11.6 Å². The summed E-state index contributed by atoms with van der Waals surface area (Å²) in [6.45, 7) is 0.281. The predicted octanol–water partition coefficient (Wildman–Crippen LogP) is 3.11. The van der Waals surface area contributed by atoms with Gasteiger partial charge in [-0.1, -0.05) is 0 Å². The molecule has 17 heavy (non-hydrogen) atoms. The first-order valence-electron chi connectivity index (χ1n) is 4.92. The zero-order valence-electron chi connectivity index (χ0n) is 8.74. The number of halogens is 2. The standard InChI is InChI=1S/C12H9BrFNO2/c13-10-4-3-8(6-11(10)14)12(16)15-7-9-2-1-5-17-9/h1-6H,7H2,(H,15,16). The molecule has 0 fully saturated rings. The largest absolute Gasteiger partial charge is 0.467 e. The second-order valence-electron chi connectivity index (χ2n) is 3.39. The topological polar surface area (TPSA) is 42.2 Å². The summed E-state index contributed by atoms with van der Waals surface area (Å²) < 4.78 is 18.6. The van der Waals surface area contributed by atoms with Crippen LogP contribution in [-0.2, 0) is 6.54 Å². The highest BCUT2D eigenvalue weighted by Crippen LogP contribution is 2.16. The van der Waals surface area contributed by atoms with Crippen molar-refractivity contribution in [3.8, 4) is 0 Å². The van der Waals surface area contributed by atoms with Crippen LogP contribution in [-0.4, -0.2) is 5.91 Å². The maximum Gasteiger partial charge on any atom is 0.251 e. The van der Waals surface area contributed by atoms with Crippen LogP contribution in [0.2, 0.25) is 0 Å². The molecule has 0 unspecified atom stereocenters. The molecule has 0 atom stereocenters. The molecule has 0 spiro atoms. The third-order valence-electron chi connectivity index (χ3n) is 2.19. The highest BCUT2D eigenvalue weighted by Gasteiger charge is 2.08. The Morgan fingerprint density at radius 1 is 1.41 bits per heavy atom. The summed E-state index contributed by atoms with van der Waals surface area (Å²) in [7, 11) is 0. The Bertz CT molecular complexity index is 525. The minimum atomic E-state index is -0.462. The quantitative estimate of drug-likeness (QED) is 0.946. The second kappa shape index (κ2) is 5.14. The Hall–Kier alpha value is -1.62. The average molecular weight is 298 g/mol. The summed E-state index contributed by atoms with van der Waals surface area (Å²) in [6, 6.07) is 7.71. The van der Waals surface area contributed by atoms with E-state index in [0.29, 0.717) is 10.2 Å². The number of hydrogen-bond donors (Lipinski definition) is 1. The minimum Gasteiger partial charge on any atom is -0.467 e. The Kier molecular flexibility index (Phi) is 3.58. The molecule has 0 aliphatic carbocycles. The van der Waals surface area contributed by atoms with Crippen LogP contribution in [0.25, 0.3) is 0 Å². The molecule has 1 N–H and O–H groups in total. The molecule has 0 radical (unpaired) electrons. The summed E-state index contributed by atoms with van der Waals surface area (Å²) in [5.74, 6) is -0.153. The van der Waals surface area contributed by atoms with E-state index in [2.05, 4.69) is 21.2 Å².